The predicted molar refractivity (Wildman–Crippen MR) is 106 cm³/mol. The van der Waals surface area contributed by atoms with Gasteiger partial charge in [-0.05, 0) is 40.8 Å². The highest BCUT2D eigenvalue weighted by atomic mass is 14.0. The molecule has 3 rings (SSSR count). The first-order valence-electron chi connectivity index (χ1n) is 8.87. The van der Waals surface area contributed by atoms with Gasteiger partial charge in [-0.1, -0.05) is 92.6 Å². The number of hydrogen-bond donors (Lipinski definition) is 0. The van der Waals surface area contributed by atoms with Crippen molar-refractivity contribution in [3.05, 3.63) is 89.7 Å². The lowest BCUT2D eigenvalue weighted by Gasteiger charge is -2.05. The number of hydrogen-bond acceptors (Lipinski definition) is 0. The van der Waals surface area contributed by atoms with Gasteiger partial charge in [0.15, 0.2) is 0 Å². The molecule has 0 heterocycles. The molecule has 3 aromatic rings. The van der Waals surface area contributed by atoms with Crippen molar-refractivity contribution < 1.29 is 0 Å². The summed E-state index contributed by atoms with van der Waals surface area (Å²) >= 11 is 0. The minimum absolute atomic E-state index is 1.08. The standard InChI is InChI=1S/C24H24/c1-2-3-5-11-21(20-12-6-4-7-13-20)18-19-23-16-10-15-22-14-8-9-17-24(22)23/h4,6-10,12-17,19H,2-3,5,11H2,1H3. The molecule has 0 radical (unpaired) electrons. The quantitative estimate of drug-likeness (QED) is 0.336. The Kier molecular flexibility index (Phi) is 5.66. The molecule has 0 aliphatic rings. The van der Waals surface area contributed by atoms with Crippen molar-refractivity contribution in [1.29, 1.82) is 0 Å². The maximum atomic E-state index is 3.60. The first kappa shape index (κ1) is 16.3. The molecule has 0 saturated heterocycles. The van der Waals surface area contributed by atoms with Crippen molar-refractivity contribution >= 4 is 22.4 Å². The Balaban J connectivity index is 2.00. The van der Waals surface area contributed by atoms with Gasteiger partial charge in [0.25, 0.3) is 0 Å². The molecule has 0 heteroatoms. The molecule has 0 aromatic heterocycles. The highest BCUT2D eigenvalue weighted by molar-refractivity contribution is 5.91. The van der Waals surface area contributed by atoms with E-state index in [0.717, 1.165) is 6.42 Å². The second kappa shape index (κ2) is 8.34. The minimum Gasteiger partial charge on any atom is -0.116 e. The van der Waals surface area contributed by atoms with Crippen LogP contribution in [-0.4, -0.2) is 0 Å². The molecule has 0 fully saturated rings. The van der Waals surface area contributed by atoms with E-state index in [4.69, 9.17) is 0 Å². The first-order valence-corrected chi connectivity index (χ1v) is 8.87. The number of unbranched alkanes of at least 4 members (excludes halogenated alkanes) is 2. The van der Waals surface area contributed by atoms with Crippen LogP contribution in [0.3, 0.4) is 0 Å². The molecular formula is C24H24. The molecular weight excluding hydrogens is 288 g/mol. The Bertz CT molecular complexity index is 844. The summed E-state index contributed by atoms with van der Waals surface area (Å²) in [6, 6.07) is 25.6. The summed E-state index contributed by atoms with van der Waals surface area (Å²) in [6.45, 7) is 2.25. The third-order valence-electron chi connectivity index (χ3n) is 4.38. The largest absolute Gasteiger partial charge is 0.116 e. The lowest BCUT2D eigenvalue weighted by Crippen LogP contribution is -1.84. The molecule has 0 atom stereocenters. The average Bonchev–Trinajstić information content (AvgIpc) is 2.65. The van der Waals surface area contributed by atoms with Gasteiger partial charge in [0, 0.05) is 5.57 Å². The lowest BCUT2D eigenvalue weighted by atomic mass is 9.99. The van der Waals surface area contributed by atoms with E-state index >= 15 is 0 Å². The van der Waals surface area contributed by atoms with Crippen molar-refractivity contribution in [2.24, 2.45) is 0 Å². The molecule has 0 saturated carbocycles. The topological polar surface area (TPSA) is 0 Å². The fourth-order valence-corrected chi connectivity index (χ4v) is 3.03. The van der Waals surface area contributed by atoms with Crippen LogP contribution in [0.2, 0.25) is 0 Å². The molecule has 0 spiro atoms. The van der Waals surface area contributed by atoms with Crippen LogP contribution in [0.25, 0.3) is 22.4 Å². The third kappa shape index (κ3) is 4.04. The van der Waals surface area contributed by atoms with E-state index < -0.39 is 0 Å². The van der Waals surface area contributed by atoms with E-state index in [-0.39, 0.29) is 0 Å². The number of allylic oxidation sites excluding steroid dienone is 1. The Morgan fingerprint density at radius 2 is 1.58 bits per heavy atom. The van der Waals surface area contributed by atoms with Crippen LogP contribution in [-0.2, 0) is 0 Å². The van der Waals surface area contributed by atoms with Crippen LogP contribution in [0.4, 0.5) is 0 Å². The molecule has 120 valence electrons. The van der Waals surface area contributed by atoms with Gasteiger partial charge >= 0.3 is 0 Å². The summed E-state index contributed by atoms with van der Waals surface area (Å²) < 4.78 is 0. The van der Waals surface area contributed by atoms with Crippen molar-refractivity contribution in [2.75, 3.05) is 0 Å². The number of rotatable bonds is 6. The summed E-state index contributed by atoms with van der Waals surface area (Å²) in [5.41, 5.74) is 7.41. The molecule has 0 bridgehead atoms. The van der Waals surface area contributed by atoms with Gasteiger partial charge in [-0.15, -0.1) is 5.73 Å². The fourth-order valence-electron chi connectivity index (χ4n) is 3.03. The van der Waals surface area contributed by atoms with E-state index in [0.29, 0.717) is 0 Å². The van der Waals surface area contributed by atoms with E-state index in [2.05, 4.69) is 91.5 Å². The Labute approximate surface area is 145 Å². The predicted octanol–water partition coefficient (Wildman–Crippen LogP) is 7.12. The summed E-state index contributed by atoms with van der Waals surface area (Å²) in [4.78, 5) is 0. The molecule has 0 aliphatic heterocycles. The Morgan fingerprint density at radius 1 is 0.833 bits per heavy atom. The maximum Gasteiger partial charge on any atom is 0.00123 e. The molecule has 0 aliphatic carbocycles. The highest BCUT2D eigenvalue weighted by Gasteiger charge is 2.01. The van der Waals surface area contributed by atoms with Crippen LogP contribution >= 0.6 is 0 Å². The Morgan fingerprint density at radius 3 is 2.42 bits per heavy atom. The zero-order valence-electron chi connectivity index (χ0n) is 14.3. The van der Waals surface area contributed by atoms with Crippen molar-refractivity contribution in [1.82, 2.24) is 0 Å². The van der Waals surface area contributed by atoms with Gasteiger partial charge in [0.1, 0.15) is 0 Å². The molecule has 0 nitrogen and oxygen atoms in total. The second-order valence-electron chi connectivity index (χ2n) is 6.16. The second-order valence-corrected chi connectivity index (χ2v) is 6.16. The van der Waals surface area contributed by atoms with Crippen LogP contribution in [0, 0.1) is 0 Å². The van der Waals surface area contributed by atoms with E-state index in [9.17, 15) is 0 Å². The molecule has 24 heavy (non-hydrogen) atoms. The summed E-state index contributed by atoms with van der Waals surface area (Å²) in [7, 11) is 0. The van der Waals surface area contributed by atoms with Crippen molar-refractivity contribution in [3.8, 4) is 0 Å². The smallest absolute Gasteiger partial charge is 0.00123 e. The highest BCUT2D eigenvalue weighted by Crippen LogP contribution is 2.23. The normalized spacial score (nSPS) is 10.4. The summed E-state index contributed by atoms with van der Waals surface area (Å²) in [6.07, 6.45) is 6.97. The van der Waals surface area contributed by atoms with Gasteiger partial charge < -0.3 is 0 Å². The number of fused-ring (bicyclic) bond motifs is 1. The fraction of sp³-hybridized carbons (Fsp3) is 0.208. The number of benzene rings is 3. The third-order valence-corrected chi connectivity index (χ3v) is 4.38. The van der Waals surface area contributed by atoms with Gasteiger partial charge in [0.2, 0.25) is 0 Å². The summed E-state index contributed by atoms with van der Waals surface area (Å²) in [5.74, 6) is 0. The van der Waals surface area contributed by atoms with Crippen molar-refractivity contribution in [2.45, 2.75) is 32.6 Å². The molecule has 0 unspecified atom stereocenters. The van der Waals surface area contributed by atoms with Crippen LogP contribution in [0.1, 0.15) is 43.7 Å². The first-order chi connectivity index (χ1) is 11.9. The zero-order valence-corrected chi connectivity index (χ0v) is 14.3. The van der Waals surface area contributed by atoms with Gasteiger partial charge in [-0.3, -0.25) is 0 Å². The summed E-state index contributed by atoms with van der Waals surface area (Å²) in [5, 5.41) is 2.56. The van der Waals surface area contributed by atoms with E-state index in [1.165, 1.54) is 46.7 Å². The zero-order chi connectivity index (χ0) is 16.6. The lowest BCUT2D eigenvalue weighted by molar-refractivity contribution is 0.735. The van der Waals surface area contributed by atoms with Crippen molar-refractivity contribution in [3.63, 3.8) is 0 Å². The molecule has 0 N–H and O–H groups in total. The van der Waals surface area contributed by atoms with Crippen LogP contribution in [0.5, 0.6) is 0 Å². The average molecular weight is 312 g/mol. The van der Waals surface area contributed by atoms with Gasteiger partial charge in [0.05, 0.1) is 0 Å². The molecule has 3 aromatic carbocycles. The SMILES string of the molecule is CCCCCC(=C=Cc1cccc2ccccc12)c1ccccc1. The van der Waals surface area contributed by atoms with Gasteiger partial charge in [-0.2, -0.15) is 0 Å². The Hall–Kier alpha value is -2.56. The van der Waals surface area contributed by atoms with E-state index in [1.54, 1.807) is 0 Å². The monoisotopic (exact) mass is 312 g/mol. The molecule has 0 amide bonds. The van der Waals surface area contributed by atoms with E-state index in [1.807, 2.05) is 0 Å². The van der Waals surface area contributed by atoms with Crippen LogP contribution < -0.4 is 0 Å². The minimum atomic E-state index is 1.08. The van der Waals surface area contributed by atoms with Crippen LogP contribution in [0.15, 0.2) is 78.5 Å². The maximum absolute atomic E-state index is 3.60. The van der Waals surface area contributed by atoms with Gasteiger partial charge in [-0.25, -0.2) is 0 Å².